The number of hydrogen-bond acceptors (Lipinski definition) is 4. The summed E-state index contributed by atoms with van der Waals surface area (Å²) in [5, 5.41) is 2.89. The molecule has 3 aromatic carbocycles. The number of sulfonamides is 1. The van der Waals surface area contributed by atoms with Gasteiger partial charge in [0.15, 0.2) is 6.61 Å². The number of ether oxygens (including phenoxy) is 1. The molecule has 0 aliphatic rings. The van der Waals surface area contributed by atoms with E-state index < -0.39 is 10.0 Å². The monoisotopic (exact) mass is 516 g/mol. The second-order valence-corrected chi connectivity index (χ2v) is 10.3. The zero-order valence-corrected chi connectivity index (χ0v) is 20.5. The molecule has 1 amide bonds. The molecule has 0 unspecified atom stereocenters. The van der Waals surface area contributed by atoms with E-state index in [2.05, 4.69) is 21.2 Å². The van der Waals surface area contributed by atoms with Crippen molar-refractivity contribution in [2.24, 2.45) is 0 Å². The first-order valence-electron chi connectivity index (χ1n) is 10.00. The van der Waals surface area contributed by atoms with Gasteiger partial charge in [-0.15, -0.1) is 0 Å². The number of carbonyl (C=O) groups excluding carboxylic acids is 1. The molecular weight excluding hydrogens is 492 g/mol. The SMILES string of the molecule is Cc1ccc(S(=O)(=O)N(C)c2ccc(OCC(=O)N[C@H](C)c3cccc(Br)c3)cc2)cc1. The maximum Gasteiger partial charge on any atom is 0.264 e. The Hall–Kier alpha value is -2.84. The molecule has 3 aromatic rings. The number of aryl methyl sites for hydroxylation is 1. The molecular formula is C24H25BrN2O4S. The molecule has 32 heavy (non-hydrogen) atoms. The smallest absolute Gasteiger partial charge is 0.264 e. The van der Waals surface area contributed by atoms with E-state index in [0.717, 1.165) is 15.6 Å². The molecule has 1 N–H and O–H groups in total. The van der Waals surface area contributed by atoms with Crippen molar-refractivity contribution < 1.29 is 17.9 Å². The first kappa shape index (κ1) is 23.8. The van der Waals surface area contributed by atoms with Gasteiger partial charge < -0.3 is 10.1 Å². The molecule has 8 heteroatoms. The van der Waals surface area contributed by atoms with Crippen molar-refractivity contribution in [3.05, 3.63) is 88.4 Å². The largest absolute Gasteiger partial charge is 0.484 e. The van der Waals surface area contributed by atoms with Crippen LogP contribution >= 0.6 is 15.9 Å². The second kappa shape index (κ2) is 10.2. The first-order chi connectivity index (χ1) is 15.2. The molecule has 6 nitrogen and oxygen atoms in total. The third-order valence-electron chi connectivity index (χ3n) is 4.98. The lowest BCUT2D eigenvalue weighted by atomic mass is 10.1. The third-order valence-corrected chi connectivity index (χ3v) is 7.27. The van der Waals surface area contributed by atoms with Gasteiger partial charge in [-0.3, -0.25) is 9.10 Å². The summed E-state index contributed by atoms with van der Waals surface area (Å²) in [4.78, 5) is 12.5. The van der Waals surface area contributed by atoms with Crippen molar-refractivity contribution in [3.8, 4) is 5.75 Å². The van der Waals surface area contributed by atoms with Gasteiger partial charge in [0.2, 0.25) is 0 Å². The Bertz CT molecular complexity index is 1180. The quantitative estimate of drug-likeness (QED) is 0.464. The Labute approximate surface area is 197 Å². The Morgan fingerprint density at radius 1 is 1.06 bits per heavy atom. The molecule has 0 aromatic heterocycles. The minimum absolute atomic E-state index is 0.144. The molecule has 0 bridgehead atoms. The topological polar surface area (TPSA) is 75.7 Å². The Balaban J connectivity index is 1.58. The van der Waals surface area contributed by atoms with E-state index >= 15 is 0 Å². The number of nitrogens with zero attached hydrogens (tertiary/aromatic N) is 1. The number of anilines is 1. The molecule has 3 rings (SSSR count). The molecule has 0 fully saturated rings. The summed E-state index contributed by atoms with van der Waals surface area (Å²) in [5.41, 5.74) is 2.46. The highest BCUT2D eigenvalue weighted by atomic mass is 79.9. The van der Waals surface area contributed by atoms with Gasteiger partial charge in [0.25, 0.3) is 15.9 Å². The molecule has 168 valence electrons. The van der Waals surface area contributed by atoms with Crippen molar-refractivity contribution >= 4 is 37.5 Å². The molecule has 0 saturated heterocycles. The summed E-state index contributed by atoms with van der Waals surface area (Å²) in [7, 11) is -2.16. The molecule has 0 aliphatic heterocycles. The van der Waals surface area contributed by atoms with Crippen LogP contribution in [0.2, 0.25) is 0 Å². The van der Waals surface area contributed by atoms with Gasteiger partial charge in [0.05, 0.1) is 16.6 Å². The molecule has 1 atom stereocenters. The van der Waals surface area contributed by atoms with E-state index in [1.165, 1.54) is 11.4 Å². The summed E-state index contributed by atoms with van der Waals surface area (Å²) >= 11 is 3.42. The van der Waals surface area contributed by atoms with Crippen LogP contribution in [-0.4, -0.2) is 28.0 Å². The molecule has 0 heterocycles. The Kier molecular flexibility index (Phi) is 7.58. The number of rotatable bonds is 8. The van der Waals surface area contributed by atoms with Crippen LogP contribution < -0.4 is 14.4 Å². The third kappa shape index (κ3) is 5.89. The van der Waals surface area contributed by atoms with E-state index in [4.69, 9.17) is 4.74 Å². The van der Waals surface area contributed by atoms with Crippen LogP contribution in [-0.2, 0) is 14.8 Å². The number of halogens is 1. The average Bonchev–Trinajstić information content (AvgIpc) is 2.78. The highest BCUT2D eigenvalue weighted by Crippen LogP contribution is 2.24. The second-order valence-electron chi connectivity index (χ2n) is 7.41. The fraction of sp³-hybridized carbons (Fsp3) is 0.208. The maximum absolute atomic E-state index is 12.8. The van der Waals surface area contributed by atoms with Gasteiger partial charge in [-0.25, -0.2) is 8.42 Å². The summed E-state index contributed by atoms with van der Waals surface area (Å²) < 4.78 is 33.4. The van der Waals surface area contributed by atoms with E-state index in [9.17, 15) is 13.2 Å². The van der Waals surface area contributed by atoms with Gasteiger partial charge >= 0.3 is 0 Å². The highest BCUT2D eigenvalue weighted by molar-refractivity contribution is 9.10. The Morgan fingerprint density at radius 3 is 2.34 bits per heavy atom. The summed E-state index contributed by atoms with van der Waals surface area (Å²) in [6, 6.07) is 20.8. The van der Waals surface area contributed by atoms with Crippen LogP contribution in [0.15, 0.2) is 82.2 Å². The minimum atomic E-state index is -3.67. The van der Waals surface area contributed by atoms with E-state index in [1.54, 1.807) is 48.5 Å². The molecule has 0 spiro atoms. The normalized spacial score (nSPS) is 12.1. The first-order valence-corrected chi connectivity index (χ1v) is 12.2. The van der Waals surface area contributed by atoms with Crippen LogP contribution in [0.5, 0.6) is 5.75 Å². The zero-order chi connectivity index (χ0) is 23.3. The number of hydrogen-bond donors (Lipinski definition) is 1. The van der Waals surface area contributed by atoms with Gasteiger partial charge in [-0.2, -0.15) is 0 Å². The van der Waals surface area contributed by atoms with Crippen molar-refractivity contribution in [2.45, 2.75) is 24.8 Å². The lowest BCUT2D eigenvalue weighted by molar-refractivity contribution is -0.123. The standard InChI is InChI=1S/C24H25BrN2O4S/c1-17-7-13-23(14-8-17)32(29,30)27(3)21-9-11-22(12-10-21)31-16-24(28)26-18(2)19-5-4-6-20(25)15-19/h4-15,18H,16H2,1-3H3,(H,26,28)/t18-/m1/s1. The Morgan fingerprint density at radius 2 is 1.72 bits per heavy atom. The van der Waals surface area contributed by atoms with Gasteiger partial charge in [-0.1, -0.05) is 45.8 Å². The fourth-order valence-electron chi connectivity index (χ4n) is 3.05. The lowest BCUT2D eigenvalue weighted by Gasteiger charge is -2.20. The number of carbonyl (C=O) groups is 1. The number of nitrogens with one attached hydrogen (secondary N) is 1. The molecule has 0 radical (unpaired) electrons. The van der Waals surface area contributed by atoms with Gasteiger partial charge in [0.1, 0.15) is 5.75 Å². The number of amides is 1. The van der Waals surface area contributed by atoms with Crippen molar-refractivity contribution in [2.75, 3.05) is 18.0 Å². The highest BCUT2D eigenvalue weighted by Gasteiger charge is 2.21. The van der Waals surface area contributed by atoms with Gasteiger partial charge in [0, 0.05) is 11.5 Å². The van der Waals surface area contributed by atoms with Crippen LogP contribution in [0.3, 0.4) is 0 Å². The summed E-state index contributed by atoms with van der Waals surface area (Å²) in [6.45, 7) is 3.66. The zero-order valence-electron chi connectivity index (χ0n) is 18.1. The lowest BCUT2D eigenvalue weighted by Crippen LogP contribution is -2.31. The predicted octanol–water partition coefficient (Wildman–Crippen LogP) is 4.84. The maximum atomic E-state index is 12.8. The van der Waals surface area contributed by atoms with E-state index in [0.29, 0.717) is 11.4 Å². The summed E-state index contributed by atoms with van der Waals surface area (Å²) in [5.74, 6) is 0.223. The van der Waals surface area contributed by atoms with Crippen LogP contribution in [0, 0.1) is 6.92 Å². The average molecular weight is 517 g/mol. The van der Waals surface area contributed by atoms with Crippen molar-refractivity contribution in [3.63, 3.8) is 0 Å². The van der Waals surface area contributed by atoms with Crippen molar-refractivity contribution in [1.82, 2.24) is 5.32 Å². The summed E-state index contributed by atoms with van der Waals surface area (Å²) in [6.07, 6.45) is 0. The molecule has 0 aliphatic carbocycles. The van der Waals surface area contributed by atoms with E-state index in [-0.39, 0.29) is 23.5 Å². The van der Waals surface area contributed by atoms with Crippen molar-refractivity contribution in [1.29, 1.82) is 0 Å². The minimum Gasteiger partial charge on any atom is -0.484 e. The van der Waals surface area contributed by atoms with Crippen LogP contribution in [0.4, 0.5) is 5.69 Å². The van der Waals surface area contributed by atoms with Crippen LogP contribution in [0.25, 0.3) is 0 Å². The number of benzene rings is 3. The molecule has 0 saturated carbocycles. The van der Waals surface area contributed by atoms with E-state index in [1.807, 2.05) is 38.1 Å². The fourth-order valence-corrected chi connectivity index (χ4v) is 4.66. The predicted molar refractivity (Wildman–Crippen MR) is 129 cm³/mol. The van der Waals surface area contributed by atoms with Gasteiger partial charge in [-0.05, 0) is 67.9 Å². The van der Waals surface area contributed by atoms with Crippen LogP contribution in [0.1, 0.15) is 24.1 Å².